The van der Waals surface area contributed by atoms with Crippen molar-refractivity contribution in [1.29, 1.82) is 0 Å². The van der Waals surface area contributed by atoms with Crippen LogP contribution in [0.2, 0.25) is 0 Å². The van der Waals surface area contributed by atoms with Crippen LogP contribution in [-0.4, -0.2) is 0 Å². The van der Waals surface area contributed by atoms with E-state index in [2.05, 4.69) is 397 Å². The van der Waals surface area contributed by atoms with Gasteiger partial charge in [0.05, 0.1) is 0 Å². The highest BCUT2D eigenvalue weighted by Crippen LogP contribution is 2.60. The summed E-state index contributed by atoms with van der Waals surface area (Å²) >= 11 is 0. The molecule has 11 rings (SSSR count). The highest BCUT2D eigenvalue weighted by atomic mass is 14.4. The van der Waals surface area contributed by atoms with Crippen LogP contribution in [0.4, 0.5) is 0 Å². The van der Waals surface area contributed by atoms with Gasteiger partial charge in [0.1, 0.15) is 0 Å². The first-order chi connectivity index (χ1) is 45.7. The molecule has 0 aliphatic carbocycles. The molecule has 0 unspecified atom stereocenters. The second kappa shape index (κ2) is 25.9. The topological polar surface area (TPSA) is 0 Å². The van der Waals surface area contributed by atoms with E-state index in [0.29, 0.717) is 0 Å². The van der Waals surface area contributed by atoms with Crippen LogP contribution in [0.3, 0.4) is 0 Å². The molecule has 98 heavy (non-hydrogen) atoms. The normalized spacial score (nSPS) is 12.9. The van der Waals surface area contributed by atoms with Crippen molar-refractivity contribution in [3.05, 3.63) is 275 Å². The highest BCUT2D eigenvalue weighted by Gasteiger charge is 2.39. The average Bonchev–Trinajstić information content (AvgIpc) is 0.698. The van der Waals surface area contributed by atoms with Gasteiger partial charge in [0.2, 0.25) is 0 Å². The molecule has 0 heteroatoms. The van der Waals surface area contributed by atoms with Crippen molar-refractivity contribution < 1.29 is 0 Å². The fourth-order valence-corrected chi connectivity index (χ4v) is 15.7. The third-order valence-electron chi connectivity index (χ3n) is 20.1. The molecule has 0 saturated heterocycles. The Morgan fingerprint density at radius 1 is 0.143 bits per heavy atom. The van der Waals surface area contributed by atoms with Crippen molar-refractivity contribution in [1.82, 2.24) is 0 Å². The SMILES string of the molecule is CC(C)(C)c1ccccc1-c1cc(-c2ccccc2C(C)(C)C)cc(-c2c(-c3ccccc3-c3ccccc3C(C)(C)C)c(C(C)(C)C)c(-c3cc(-c4ccccc4C(C)(C)C)cc(-c4ccccc4C(C)(C)C)c3)c(-c3ccccc3-c3ccccc3C(C)(C)C)c2C(C)(C)C)c1. The van der Waals surface area contributed by atoms with Crippen LogP contribution in [0, 0.1) is 0 Å². The van der Waals surface area contributed by atoms with E-state index < -0.39 is 10.8 Å². The van der Waals surface area contributed by atoms with Gasteiger partial charge in [0.25, 0.3) is 0 Å². The molecular formula is C98H110. The van der Waals surface area contributed by atoms with Crippen molar-refractivity contribution in [2.75, 3.05) is 0 Å². The lowest BCUT2D eigenvalue weighted by molar-refractivity contribution is 0.582. The fraction of sp³-hybridized carbons (Fsp3) is 0.327. The summed E-state index contributed by atoms with van der Waals surface area (Å²) in [4.78, 5) is 0. The zero-order valence-electron chi connectivity index (χ0n) is 63.9. The quantitative estimate of drug-likeness (QED) is 0.128. The van der Waals surface area contributed by atoms with Gasteiger partial charge in [-0.1, -0.05) is 360 Å². The first kappa shape index (κ1) is 70.7. The summed E-state index contributed by atoms with van der Waals surface area (Å²) in [6, 6.07) is 89.7. The molecule has 0 heterocycles. The van der Waals surface area contributed by atoms with E-state index in [1.165, 1.54) is 156 Å². The van der Waals surface area contributed by atoms with Gasteiger partial charge in [-0.25, -0.2) is 0 Å². The van der Waals surface area contributed by atoms with Crippen LogP contribution in [0.5, 0.6) is 0 Å². The van der Waals surface area contributed by atoms with E-state index in [1.807, 2.05) is 0 Å². The van der Waals surface area contributed by atoms with Crippen LogP contribution in [0.15, 0.2) is 231 Å². The Kier molecular flexibility index (Phi) is 18.7. The largest absolute Gasteiger partial charge is 0.0619 e. The second-order valence-electron chi connectivity index (χ2n) is 36.2. The molecule has 0 nitrogen and oxygen atoms in total. The molecule has 0 N–H and O–H groups in total. The van der Waals surface area contributed by atoms with Gasteiger partial charge >= 0.3 is 0 Å². The van der Waals surface area contributed by atoms with E-state index in [1.54, 1.807) is 0 Å². The van der Waals surface area contributed by atoms with E-state index in [-0.39, 0.29) is 32.5 Å². The Balaban J connectivity index is 1.51. The minimum atomic E-state index is -0.500. The highest BCUT2D eigenvalue weighted by molar-refractivity contribution is 6.08. The van der Waals surface area contributed by atoms with Crippen molar-refractivity contribution in [3.8, 4) is 111 Å². The van der Waals surface area contributed by atoms with Crippen LogP contribution >= 0.6 is 0 Å². The van der Waals surface area contributed by atoms with Gasteiger partial charge in [-0.15, -0.1) is 0 Å². The molecule has 0 amide bonds. The second-order valence-corrected chi connectivity index (χ2v) is 36.2. The number of rotatable bonds is 10. The maximum atomic E-state index is 2.59. The van der Waals surface area contributed by atoms with Gasteiger partial charge < -0.3 is 0 Å². The van der Waals surface area contributed by atoms with Crippen LogP contribution < -0.4 is 0 Å². The summed E-state index contributed by atoms with van der Waals surface area (Å²) < 4.78 is 0. The molecule has 0 spiro atoms. The van der Waals surface area contributed by atoms with Crippen LogP contribution in [0.25, 0.3) is 111 Å². The molecule has 0 radical (unpaired) electrons. The maximum absolute atomic E-state index is 2.59. The van der Waals surface area contributed by atoms with Gasteiger partial charge in [-0.2, -0.15) is 0 Å². The molecule has 11 aromatic carbocycles. The fourth-order valence-electron chi connectivity index (χ4n) is 15.7. The summed E-state index contributed by atoms with van der Waals surface area (Å²) in [5, 5.41) is 0. The molecule has 502 valence electrons. The van der Waals surface area contributed by atoms with Gasteiger partial charge in [-0.3, -0.25) is 0 Å². The summed E-state index contributed by atoms with van der Waals surface area (Å²) in [6.45, 7) is 57.7. The minimum absolute atomic E-state index is 0.146. The monoisotopic (exact) mass is 1290 g/mol. The Bertz CT molecular complexity index is 4320. The Morgan fingerprint density at radius 2 is 0.306 bits per heavy atom. The van der Waals surface area contributed by atoms with Crippen molar-refractivity contribution in [2.24, 2.45) is 0 Å². The smallest absolute Gasteiger partial charge is 0.00521 e. The molecule has 0 atom stereocenters. The summed E-state index contributed by atoms with van der Waals surface area (Å²) in [5.41, 5.74) is 33.3. The first-order valence-electron chi connectivity index (χ1n) is 36.1. The number of benzene rings is 11. The lowest BCUT2D eigenvalue weighted by Gasteiger charge is -2.39. The number of hydrogen-bond acceptors (Lipinski definition) is 0. The van der Waals surface area contributed by atoms with E-state index in [9.17, 15) is 0 Å². The van der Waals surface area contributed by atoms with Gasteiger partial charge in [0.15, 0.2) is 0 Å². The van der Waals surface area contributed by atoms with Crippen molar-refractivity contribution >= 4 is 0 Å². The Hall–Kier alpha value is -8.58. The van der Waals surface area contributed by atoms with E-state index in [4.69, 9.17) is 0 Å². The molecule has 0 aromatic heterocycles. The minimum Gasteiger partial charge on any atom is -0.0619 e. The molecule has 0 saturated carbocycles. The third kappa shape index (κ3) is 14.1. The lowest BCUT2D eigenvalue weighted by Crippen LogP contribution is -2.23. The summed E-state index contributed by atoms with van der Waals surface area (Å²) in [5.74, 6) is 0. The molecule has 0 bridgehead atoms. The van der Waals surface area contributed by atoms with Crippen molar-refractivity contribution in [3.63, 3.8) is 0 Å². The van der Waals surface area contributed by atoms with Gasteiger partial charge in [-0.05, 0) is 235 Å². The zero-order chi connectivity index (χ0) is 71.0. The Morgan fingerprint density at radius 3 is 0.510 bits per heavy atom. The Labute approximate surface area is 592 Å². The summed E-state index contributed by atoms with van der Waals surface area (Å²) in [6.07, 6.45) is 0. The molecular weight excluding hydrogens is 1180 g/mol. The average molecular weight is 1290 g/mol. The molecule has 0 fully saturated rings. The van der Waals surface area contributed by atoms with Crippen molar-refractivity contribution in [2.45, 2.75) is 209 Å². The third-order valence-corrected chi connectivity index (χ3v) is 20.1. The zero-order valence-corrected chi connectivity index (χ0v) is 63.9. The van der Waals surface area contributed by atoms with E-state index >= 15 is 0 Å². The van der Waals surface area contributed by atoms with Crippen LogP contribution in [0.1, 0.15) is 211 Å². The predicted octanol–water partition coefficient (Wildman–Crippen LogP) is 28.7. The lowest BCUT2D eigenvalue weighted by atomic mass is 9.64. The summed E-state index contributed by atoms with van der Waals surface area (Å²) in [7, 11) is 0. The maximum Gasteiger partial charge on any atom is -0.00521 e. The predicted molar refractivity (Wildman–Crippen MR) is 430 cm³/mol. The molecule has 0 aliphatic rings. The number of hydrogen-bond donors (Lipinski definition) is 0. The van der Waals surface area contributed by atoms with Gasteiger partial charge in [0, 0.05) is 0 Å². The van der Waals surface area contributed by atoms with Crippen LogP contribution in [-0.2, 0) is 43.3 Å². The standard InChI is InChI=1S/C98H110/c1-91(2,3)79-51-35-29-41-69(79)63-57-64(70-42-30-36-52-80(70)92(4,5)6)60-67(59-63)85-87(77-49-27-25-45-73(77)75-47-33-39-55-83(75)95(13,14)15)90(98(22,23)24)86(88(89(85)97(19,20)21)78-50-28-26-46-74(78)76-48-34-40-56-84(76)96(16,17)18)68-61-65(71-43-31-37-53-81(71)93(7,8)9)58-66(62-68)72-44-32-38-54-82(72)94(10,11)12/h25-62H,1-24H3. The molecule has 11 aromatic rings. The molecule has 0 aliphatic heterocycles. The van der Waals surface area contributed by atoms with E-state index in [0.717, 1.165) is 0 Å². The first-order valence-corrected chi connectivity index (χ1v) is 36.1.